The molecule has 1 N–H and O–H groups in total. The Balaban J connectivity index is 3.05. The minimum atomic E-state index is -4.61. The number of carboxylic acid groups (broad SMARTS) is 1. The highest BCUT2D eigenvalue weighted by atomic mass is 19.4. The van der Waals surface area contributed by atoms with Crippen molar-refractivity contribution in [2.75, 3.05) is 26.8 Å². The molecule has 1 heterocycles. The quantitative estimate of drug-likeness (QED) is 0.861. The van der Waals surface area contributed by atoms with Gasteiger partial charge < -0.3 is 14.7 Å². The smallest absolute Gasteiger partial charge is 0.433 e. The fraction of sp³-hybridized carbons (Fsp3) is 0.462. The van der Waals surface area contributed by atoms with Crippen molar-refractivity contribution in [3.63, 3.8) is 0 Å². The van der Waals surface area contributed by atoms with Gasteiger partial charge in [0.2, 0.25) is 0 Å². The van der Waals surface area contributed by atoms with Gasteiger partial charge in [-0.05, 0) is 19.1 Å². The van der Waals surface area contributed by atoms with Crippen molar-refractivity contribution in [1.82, 2.24) is 9.88 Å². The van der Waals surface area contributed by atoms with E-state index in [0.717, 1.165) is 11.0 Å². The van der Waals surface area contributed by atoms with Crippen LogP contribution in [-0.4, -0.2) is 53.7 Å². The molecule has 0 aliphatic carbocycles. The van der Waals surface area contributed by atoms with Crippen LogP contribution < -0.4 is 0 Å². The molecule has 1 aromatic rings. The lowest BCUT2D eigenvalue weighted by atomic mass is 10.1. The molecule has 6 nitrogen and oxygen atoms in total. The van der Waals surface area contributed by atoms with Crippen LogP contribution in [0.3, 0.4) is 0 Å². The standard InChI is InChI=1S/C13H15F3N2O4/c1-8-9(3-4-10(17-8)13(14,15)16)12(21)18(5-6-22-2)7-11(19)20/h3-4H,5-7H2,1-2H3,(H,19,20). The molecular formula is C13H15F3N2O4. The van der Waals surface area contributed by atoms with Crippen LogP contribution in [0, 0.1) is 6.92 Å². The Morgan fingerprint density at radius 3 is 2.45 bits per heavy atom. The first-order chi connectivity index (χ1) is 10.2. The van der Waals surface area contributed by atoms with Crippen molar-refractivity contribution in [1.29, 1.82) is 0 Å². The van der Waals surface area contributed by atoms with E-state index in [0.29, 0.717) is 6.07 Å². The summed E-state index contributed by atoms with van der Waals surface area (Å²) in [5.74, 6) is -1.94. The summed E-state index contributed by atoms with van der Waals surface area (Å²) >= 11 is 0. The van der Waals surface area contributed by atoms with Gasteiger partial charge in [-0.1, -0.05) is 0 Å². The summed E-state index contributed by atoms with van der Waals surface area (Å²) in [4.78, 5) is 27.4. The lowest BCUT2D eigenvalue weighted by Gasteiger charge is -2.21. The number of rotatable bonds is 6. The van der Waals surface area contributed by atoms with Crippen LogP contribution in [0.15, 0.2) is 12.1 Å². The second-order valence-electron chi connectivity index (χ2n) is 4.44. The Morgan fingerprint density at radius 2 is 2.00 bits per heavy atom. The highest BCUT2D eigenvalue weighted by molar-refractivity contribution is 5.96. The van der Waals surface area contributed by atoms with Crippen molar-refractivity contribution in [3.8, 4) is 0 Å². The molecule has 0 atom stereocenters. The minimum absolute atomic E-state index is 0.00208. The molecule has 0 unspecified atom stereocenters. The second-order valence-corrected chi connectivity index (χ2v) is 4.44. The van der Waals surface area contributed by atoms with E-state index < -0.39 is 30.3 Å². The van der Waals surface area contributed by atoms with Crippen LogP contribution in [0.2, 0.25) is 0 Å². The molecule has 0 saturated heterocycles. The van der Waals surface area contributed by atoms with Crippen LogP contribution in [-0.2, 0) is 15.7 Å². The number of hydrogen-bond donors (Lipinski definition) is 1. The van der Waals surface area contributed by atoms with Crippen molar-refractivity contribution in [2.24, 2.45) is 0 Å². The Bertz CT molecular complexity index is 561. The van der Waals surface area contributed by atoms with Crippen LogP contribution >= 0.6 is 0 Å². The number of aromatic nitrogens is 1. The topological polar surface area (TPSA) is 79.7 Å². The van der Waals surface area contributed by atoms with Crippen LogP contribution in [0.1, 0.15) is 21.7 Å². The molecule has 0 aliphatic rings. The first kappa shape index (κ1) is 17.9. The number of alkyl halides is 3. The number of carboxylic acids is 1. The summed E-state index contributed by atoms with van der Waals surface area (Å²) in [5, 5.41) is 8.80. The largest absolute Gasteiger partial charge is 0.480 e. The third-order valence-corrected chi connectivity index (χ3v) is 2.79. The molecule has 0 fully saturated rings. The van der Waals surface area contributed by atoms with Gasteiger partial charge in [-0.3, -0.25) is 9.59 Å². The number of pyridine rings is 1. The van der Waals surface area contributed by atoms with Gasteiger partial charge in [-0.25, -0.2) is 4.98 Å². The number of methoxy groups -OCH3 is 1. The number of aryl methyl sites for hydroxylation is 1. The zero-order valence-corrected chi connectivity index (χ0v) is 12.0. The zero-order valence-electron chi connectivity index (χ0n) is 12.0. The second kappa shape index (κ2) is 7.21. The molecule has 1 amide bonds. The number of carbonyl (C=O) groups is 2. The number of halogens is 3. The zero-order chi connectivity index (χ0) is 16.9. The maximum Gasteiger partial charge on any atom is 0.433 e. The highest BCUT2D eigenvalue weighted by Gasteiger charge is 2.33. The van der Waals surface area contributed by atoms with Crippen LogP contribution in [0.4, 0.5) is 13.2 Å². The summed E-state index contributed by atoms with van der Waals surface area (Å²) in [5.41, 5.74) is -1.30. The number of hydrogen-bond acceptors (Lipinski definition) is 4. The Morgan fingerprint density at radius 1 is 1.36 bits per heavy atom. The van der Waals surface area contributed by atoms with Gasteiger partial charge in [-0.15, -0.1) is 0 Å². The third kappa shape index (κ3) is 4.69. The van der Waals surface area contributed by atoms with Gasteiger partial charge >= 0.3 is 12.1 Å². The molecule has 1 rings (SSSR count). The average Bonchev–Trinajstić information content (AvgIpc) is 2.41. The van der Waals surface area contributed by atoms with Gasteiger partial charge in [0, 0.05) is 13.7 Å². The molecule has 22 heavy (non-hydrogen) atoms. The summed E-state index contributed by atoms with van der Waals surface area (Å²) in [6.45, 7) is 0.786. The van der Waals surface area contributed by atoms with Gasteiger partial charge in [0.05, 0.1) is 17.9 Å². The lowest BCUT2D eigenvalue weighted by Crippen LogP contribution is -2.38. The number of carbonyl (C=O) groups excluding carboxylic acids is 1. The van der Waals surface area contributed by atoms with Crippen molar-refractivity contribution < 1.29 is 32.6 Å². The Kier molecular flexibility index (Phi) is 5.86. The van der Waals surface area contributed by atoms with E-state index in [1.165, 1.54) is 14.0 Å². The summed E-state index contributed by atoms with van der Waals surface area (Å²) in [7, 11) is 1.38. The normalized spacial score (nSPS) is 11.3. The van der Waals surface area contributed by atoms with Crippen LogP contribution in [0.5, 0.6) is 0 Å². The number of amides is 1. The first-order valence-electron chi connectivity index (χ1n) is 6.21. The van der Waals surface area contributed by atoms with E-state index in [4.69, 9.17) is 9.84 Å². The molecule has 0 aromatic carbocycles. The van der Waals surface area contributed by atoms with Gasteiger partial charge in [0.15, 0.2) is 0 Å². The molecule has 1 aromatic heterocycles. The van der Waals surface area contributed by atoms with Crippen molar-refractivity contribution in [2.45, 2.75) is 13.1 Å². The summed E-state index contributed by atoms with van der Waals surface area (Å²) in [6.07, 6.45) is -4.61. The third-order valence-electron chi connectivity index (χ3n) is 2.79. The molecule has 122 valence electrons. The fourth-order valence-electron chi connectivity index (χ4n) is 1.73. The van der Waals surface area contributed by atoms with Gasteiger partial charge in [-0.2, -0.15) is 13.2 Å². The molecule has 0 bridgehead atoms. The molecule has 0 aliphatic heterocycles. The van der Waals surface area contributed by atoms with E-state index in [1.807, 2.05) is 0 Å². The average molecular weight is 320 g/mol. The van der Waals surface area contributed by atoms with E-state index in [2.05, 4.69) is 4.98 Å². The van der Waals surface area contributed by atoms with Gasteiger partial charge in [0.25, 0.3) is 5.91 Å². The highest BCUT2D eigenvalue weighted by Crippen LogP contribution is 2.28. The maximum absolute atomic E-state index is 12.5. The van der Waals surface area contributed by atoms with Crippen molar-refractivity contribution in [3.05, 3.63) is 29.1 Å². The SMILES string of the molecule is COCCN(CC(=O)O)C(=O)c1ccc(C(F)(F)F)nc1C. The van der Waals surface area contributed by atoms with E-state index >= 15 is 0 Å². The monoisotopic (exact) mass is 320 g/mol. The Hall–Kier alpha value is -2.16. The molecule has 0 radical (unpaired) electrons. The van der Waals surface area contributed by atoms with Gasteiger partial charge in [0.1, 0.15) is 12.2 Å². The molecule has 0 saturated carbocycles. The van der Waals surface area contributed by atoms with Crippen molar-refractivity contribution >= 4 is 11.9 Å². The Labute approximate surface area is 124 Å². The summed E-state index contributed by atoms with van der Waals surface area (Å²) in [6, 6.07) is 1.69. The van der Waals surface area contributed by atoms with E-state index in [1.54, 1.807) is 0 Å². The van der Waals surface area contributed by atoms with E-state index in [-0.39, 0.29) is 24.4 Å². The number of nitrogens with zero attached hydrogens (tertiary/aromatic N) is 2. The minimum Gasteiger partial charge on any atom is -0.480 e. The maximum atomic E-state index is 12.5. The summed E-state index contributed by atoms with van der Waals surface area (Å²) < 4.78 is 42.4. The lowest BCUT2D eigenvalue weighted by molar-refractivity contribution is -0.141. The molecule has 9 heteroatoms. The first-order valence-corrected chi connectivity index (χ1v) is 6.21. The molecule has 0 spiro atoms. The molecular weight excluding hydrogens is 305 g/mol. The number of aliphatic carboxylic acids is 1. The number of ether oxygens (including phenoxy) is 1. The predicted molar refractivity (Wildman–Crippen MR) is 69.4 cm³/mol. The predicted octanol–water partition coefficient (Wildman–Crippen LogP) is 1.58. The fourth-order valence-corrected chi connectivity index (χ4v) is 1.73. The van der Waals surface area contributed by atoms with E-state index in [9.17, 15) is 22.8 Å². The van der Waals surface area contributed by atoms with Crippen LogP contribution in [0.25, 0.3) is 0 Å².